The van der Waals surface area contributed by atoms with Gasteiger partial charge in [0.1, 0.15) is 17.3 Å². The van der Waals surface area contributed by atoms with Gasteiger partial charge in [0, 0.05) is 17.2 Å². The van der Waals surface area contributed by atoms with E-state index in [2.05, 4.69) is 0 Å². The number of hydrogen-bond acceptors (Lipinski definition) is 2. The van der Waals surface area contributed by atoms with Crippen LogP contribution in [0.3, 0.4) is 0 Å². The highest BCUT2D eigenvalue weighted by molar-refractivity contribution is 5.72. The van der Waals surface area contributed by atoms with Crippen molar-refractivity contribution in [3.8, 4) is 33.8 Å². The summed E-state index contributed by atoms with van der Waals surface area (Å²) in [6.45, 7) is 2.34. The number of aryl methyl sites for hydroxylation is 2. The fourth-order valence-electron chi connectivity index (χ4n) is 3.88. The Balaban J connectivity index is 1.48. The lowest BCUT2D eigenvalue weighted by Gasteiger charge is -2.11. The van der Waals surface area contributed by atoms with Crippen LogP contribution in [0.4, 0.5) is 13.2 Å². The maximum Gasteiger partial charge on any atom is 0.167 e. The van der Waals surface area contributed by atoms with E-state index in [0.29, 0.717) is 47.6 Å². The minimum Gasteiger partial charge on any atom is -0.497 e. The summed E-state index contributed by atoms with van der Waals surface area (Å²) in [5.74, 6) is -0.917. The maximum absolute atomic E-state index is 14.9. The molecule has 0 N–H and O–H groups in total. The van der Waals surface area contributed by atoms with Crippen LogP contribution in [0.1, 0.15) is 18.1 Å². The molecule has 0 aliphatic carbocycles. The van der Waals surface area contributed by atoms with Crippen LogP contribution >= 0.6 is 0 Å². The number of methoxy groups -OCH3 is 1. The Hall–Kier alpha value is -3.73. The predicted molar refractivity (Wildman–Crippen MR) is 129 cm³/mol. The summed E-state index contributed by atoms with van der Waals surface area (Å²) in [4.78, 5) is 0. The molecule has 0 aliphatic heterocycles. The van der Waals surface area contributed by atoms with Crippen molar-refractivity contribution in [3.05, 3.63) is 107 Å². The first-order chi connectivity index (χ1) is 16.5. The number of benzene rings is 4. The van der Waals surface area contributed by atoms with Crippen LogP contribution in [-0.2, 0) is 12.8 Å². The molecule has 0 aromatic heterocycles. The summed E-state index contributed by atoms with van der Waals surface area (Å²) in [6, 6.07) is 22.1. The first kappa shape index (κ1) is 23.4. The van der Waals surface area contributed by atoms with Gasteiger partial charge in [0.05, 0.1) is 13.7 Å². The van der Waals surface area contributed by atoms with Crippen molar-refractivity contribution < 1.29 is 22.6 Å². The first-order valence-electron chi connectivity index (χ1n) is 11.1. The summed E-state index contributed by atoms with van der Waals surface area (Å²) in [6.07, 6.45) is 1.15. The van der Waals surface area contributed by atoms with E-state index in [1.807, 2.05) is 19.1 Å². The van der Waals surface area contributed by atoms with Crippen molar-refractivity contribution in [2.24, 2.45) is 0 Å². The van der Waals surface area contributed by atoms with E-state index in [4.69, 9.17) is 9.47 Å². The Bertz CT molecular complexity index is 1270. The van der Waals surface area contributed by atoms with E-state index in [1.165, 1.54) is 6.07 Å². The summed E-state index contributed by atoms with van der Waals surface area (Å²) in [7, 11) is 1.55. The van der Waals surface area contributed by atoms with E-state index in [1.54, 1.807) is 67.8 Å². The molecule has 34 heavy (non-hydrogen) atoms. The second kappa shape index (κ2) is 10.5. The van der Waals surface area contributed by atoms with Crippen LogP contribution in [0.5, 0.6) is 11.5 Å². The topological polar surface area (TPSA) is 18.5 Å². The Morgan fingerprint density at radius 2 is 1.21 bits per heavy atom. The SMILES string of the molecule is CCOc1ccc(CCc2ccc(-c3ccc(-c4ccc(OC)cc4)c(F)c3F)cc2)c(F)c1. The van der Waals surface area contributed by atoms with Gasteiger partial charge >= 0.3 is 0 Å². The van der Waals surface area contributed by atoms with Gasteiger partial charge in [0.15, 0.2) is 11.6 Å². The highest BCUT2D eigenvalue weighted by Crippen LogP contribution is 2.32. The monoisotopic (exact) mass is 462 g/mol. The number of ether oxygens (including phenoxy) is 2. The lowest BCUT2D eigenvalue weighted by atomic mass is 9.97. The van der Waals surface area contributed by atoms with Crippen molar-refractivity contribution in [3.63, 3.8) is 0 Å². The third-order valence-electron chi connectivity index (χ3n) is 5.77. The number of rotatable bonds is 8. The standard InChI is InChI=1S/C29H25F3O2/c1-3-34-24-15-12-22(27(30)18-24)9-6-19-4-7-20(8-5-19)25-16-17-26(29(32)28(25)31)21-10-13-23(33-2)14-11-21/h4-5,7-8,10-18H,3,6,9H2,1-2H3. The molecular formula is C29H25F3O2. The van der Waals surface area contributed by atoms with Gasteiger partial charge in [-0.15, -0.1) is 0 Å². The van der Waals surface area contributed by atoms with E-state index in [0.717, 1.165) is 5.56 Å². The molecule has 0 fully saturated rings. The zero-order chi connectivity index (χ0) is 24.1. The molecule has 0 heterocycles. The summed E-state index contributed by atoms with van der Waals surface area (Å²) < 4.78 is 54.5. The van der Waals surface area contributed by atoms with Gasteiger partial charge in [0.2, 0.25) is 0 Å². The molecule has 4 rings (SSSR count). The normalized spacial score (nSPS) is 10.9. The summed E-state index contributed by atoms with van der Waals surface area (Å²) in [5, 5.41) is 0. The molecule has 4 aromatic rings. The molecule has 0 atom stereocenters. The first-order valence-corrected chi connectivity index (χ1v) is 11.1. The van der Waals surface area contributed by atoms with Crippen molar-refractivity contribution in [2.45, 2.75) is 19.8 Å². The van der Waals surface area contributed by atoms with Crippen LogP contribution in [0, 0.1) is 17.5 Å². The van der Waals surface area contributed by atoms with Crippen molar-refractivity contribution in [2.75, 3.05) is 13.7 Å². The second-order valence-electron chi connectivity index (χ2n) is 7.90. The Kier molecular flexibility index (Phi) is 7.21. The predicted octanol–water partition coefficient (Wildman–Crippen LogP) is 7.63. The molecule has 0 radical (unpaired) electrons. The van der Waals surface area contributed by atoms with Crippen LogP contribution in [-0.4, -0.2) is 13.7 Å². The zero-order valence-electron chi connectivity index (χ0n) is 19.1. The van der Waals surface area contributed by atoms with Gasteiger partial charge in [-0.3, -0.25) is 0 Å². The van der Waals surface area contributed by atoms with E-state index in [-0.39, 0.29) is 16.9 Å². The fourth-order valence-corrected chi connectivity index (χ4v) is 3.88. The molecule has 0 saturated carbocycles. The molecule has 0 bridgehead atoms. The average Bonchev–Trinajstić information content (AvgIpc) is 2.86. The summed E-state index contributed by atoms with van der Waals surface area (Å²) in [5.41, 5.74) is 3.12. The third kappa shape index (κ3) is 5.09. The molecule has 174 valence electrons. The molecule has 0 amide bonds. The van der Waals surface area contributed by atoms with Gasteiger partial charge in [-0.25, -0.2) is 13.2 Å². The van der Waals surface area contributed by atoms with Gasteiger partial charge in [-0.05, 0) is 60.2 Å². The number of halogens is 3. The molecule has 4 aromatic carbocycles. The van der Waals surface area contributed by atoms with Crippen LogP contribution in [0.15, 0.2) is 78.9 Å². The fraction of sp³-hybridized carbons (Fsp3) is 0.172. The molecule has 2 nitrogen and oxygen atoms in total. The van der Waals surface area contributed by atoms with Gasteiger partial charge in [0.25, 0.3) is 0 Å². The molecule has 5 heteroatoms. The van der Waals surface area contributed by atoms with Crippen LogP contribution < -0.4 is 9.47 Å². The van der Waals surface area contributed by atoms with E-state index < -0.39 is 11.6 Å². The van der Waals surface area contributed by atoms with E-state index >= 15 is 0 Å². The lowest BCUT2D eigenvalue weighted by Crippen LogP contribution is -1.98. The Morgan fingerprint density at radius 3 is 1.74 bits per heavy atom. The highest BCUT2D eigenvalue weighted by Gasteiger charge is 2.16. The smallest absolute Gasteiger partial charge is 0.167 e. The maximum atomic E-state index is 14.9. The molecule has 0 unspecified atom stereocenters. The number of hydrogen-bond donors (Lipinski definition) is 0. The average molecular weight is 463 g/mol. The molecular weight excluding hydrogens is 437 g/mol. The molecule has 0 aliphatic rings. The van der Waals surface area contributed by atoms with Gasteiger partial charge in [-0.1, -0.05) is 54.6 Å². The van der Waals surface area contributed by atoms with Gasteiger partial charge < -0.3 is 9.47 Å². The van der Waals surface area contributed by atoms with Crippen LogP contribution in [0.25, 0.3) is 22.3 Å². The van der Waals surface area contributed by atoms with E-state index in [9.17, 15) is 13.2 Å². The minimum absolute atomic E-state index is 0.193. The van der Waals surface area contributed by atoms with Crippen molar-refractivity contribution in [1.29, 1.82) is 0 Å². The largest absolute Gasteiger partial charge is 0.497 e. The third-order valence-corrected chi connectivity index (χ3v) is 5.77. The lowest BCUT2D eigenvalue weighted by molar-refractivity contribution is 0.338. The van der Waals surface area contributed by atoms with Crippen molar-refractivity contribution in [1.82, 2.24) is 0 Å². The Morgan fingerprint density at radius 1 is 0.647 bits per heavy atom. The second-order valence-corrected chi connectivity index (χ2v) is 7.90. The molecule has 0 spiro atoms. The highest BCUT2D eigenvalue weighted by atomic mass is 19.2. The Labute approximate surface area is 197 Å². The van der Waals surface area contributed by atoms with Gasteiger partial charge in [-0.2, -0.15) is 0 Å². The van der Waals surface area contributed by atoms with Crippen LogP contribution in [0.2, 0.25) is 0 Å². The molecule has 0 saturated heterocycles. The summed E-state index contributed by atoms with van der Waals surface area (Å²) >= 11 is 0. The van der Waals surface area contributed by atoms with Crippen molar-refractivity contribution >= 4 is 0 Å². The zero-order valence-corrected chi connectivity index (χ0v) is 19.1. The quantitative estimate of drug-likeness (QED) is 0.268. The minimum atomic E-state index is -0.891.